The van der Waals surface area contributed by atoms with Gasteiger partial charge in [-0.1, -0.05) is 49.9 Å². The van der Waals surface area contributed by atoms with Crippen LogP contribution in [0.5, 0.6) is 0 Å². The molecule has 0 N–H and O–H groups in total. The number of aryl methyl sites for hydroxylation is 1. The van der Waals surface area contributed by atoms with Gasteiger partial charge >= 0.3 is 0 Å². The monoisotopic (exact) mass is 222 g/mol. The molecule has 1 saturated carbocycles. The standard InChI is InChI=1S/C14H19Cl/c1-2-11-8-9-13(14(15)10-11)12-6-4-3-5-7-12/h8-10,12H,2-7H2,1H3. The lowest BCUT2D eigenvalue weighted by atomic mass is 9.84. The van der Waals surface area contributed by atoms with Crippen LogP contribution in [0, 0.1) is 0 Å². The van der Waals surface area contributed by atoms with Gasteiger partial charge in [-0.3, -0.25) is 0 Å². The first-order valence-electron chi connectivity index (χ1n) is 6.09. The van der Waals surface area contributed by atoms with Gasteiger partial charge < -0.3 is 0 Å². The lowest BCUT2D eigenvalue weighted by Gasteiger charge is -2.23. The Hall–Kier alpha value is -0.490. The summed E-state index contributed by atoms with van der Waals surface area (Å²) in [4.78, 5) is 0. The van der Waals surface area contributed by atoms with Crippen LogP contribution in [-0.4, -0.2) is 0 Å². The van der Waals surface area contributed by atoms with Gasteiger partial charge in [0.1, 0.15) is 0 Å². The second kappa shape index (κ2) is 5.03. The van der Waals surface area contributed by atoms with E-state index in [-0.39, 0.29) is 0 Å². The molecule has 1 heteroatoms. The largest absolute Gasteiger partial charge is 0.0840 e. The second-order valence-corrected chi connectivity index (χ2v) is 4.95. The molecule has 0 amide bonds. The van der Waals surface area contributed by atoms with E-state index in [0.717, 1.165) is 17.4 Å². The maximum absolute atomic E-state index is 6.34. The molecule has 0 spiro atoms. The van der Waals surface area contributed by atoms with Crippen molar-refractivity contribution in [3.63, 3.8) is 0 Å². The zero-order valence-electron chi connectivity index (χ0n) is 9.43. The van der Waals surface area contributed by atoms with Crippen molar-refractivity contribution in [3.05, 3.63) is 34.3 Å². The molecule has 1 aromatic rings. The third-order valence-electron chi connectivity index (χ3n) is 3.52. The predicted molar refractivity (Wildman–Crippen MR) is 66.7 cm³/mol. The summed E-state index contributed by atoms with van der Waals surface area (Å²) >= 11 is 6.34. The van der Waals surface area contributed by atoms with E-state index in [0.29, 0.717) is 0 Å². The van der Waals surface area contributed by atoms with E-state index >= 15 is 0 Å². The van der Waals surface area contributed by atoms with Crippen molar-refractivity contribution in [2.45, 2.75) is 51.4 Å². The Morgan fingerprint density at radius 1 is 1.20 bits per heavy atom. The molecule has 82 valence electrons. The van der Waals surface area contributed by atoms with Crippen LogP contribution in [0.25, 0.3) is 0 Å². The fraction of sp³-hybridized carbons (Fsp3) is 0.571. The summed E-state index contributed by atoms with van der Waals surface area (Å²) in [6.07, 6.45) is 7.87. The number of rotatable bonds is 2. The smallest absolute Gasteiger partial charge is 0.0443 e. The molecule has 0 aliphatic heterocycles. The van der Waals surface area contributed by atoms with Crippen LogP contribution in [0.4, 0.5) is 0 Å². The molecule has 0 radical (unpaired) electrons. The molecule has 1 aromatic carbocycles. The molecular formula is C14H19Cl. The number of hydrogen-bond donors (Lipinski definition) is 0. The van der Waals surface area contributed by atoms with E-state index < -0.39 is 0 Å². The van der Waals surface area contributed by atoms with E-state index in [4.69, 9.17) is 11.6 Å². The molecule has 0 unspecified atom stereocenters. The fourth-order valence-corrected chi connectivity index (χ4v) is 2.89. The molecular weight excluding hydrogens is 204 g/mol. The Bertz CT molecular complexity index is 324. The normalized spacial score (nSPS) is 18.0. The highest BCUT2D eigenvalue weighted by Crippen LogP contribution is 2.36. The van der Waals surface area contributed by atoms with E-state index in [2.05, 4.69) is 25.1 Å². The van der Waals surface area contributed by atoms with Crippen LogP contribution in [0.15, 0.2) is 18.2 Å². The third-order valence-corrected chi connectivity index (χ3v) is 3.85. The summed E-state index contributed by atoms with van der Waals surface area (Å²) in [5.41, 5.74) is 2.73. The van der Waals surface area contributed by atoms with Gasteiger partial charge in [0.25, 0.3) is 0 Å². The van der Waals surface area contributed by atoms with Crippen molar-refractivity contribution in [2.75, 3.05) is 0 Å². The molecule has 1 aliphatic carbocycles. The minimum absolute atomic E-state index is 0.720. The lowest BCUT2D eigenvalue weighted by Crippen LogP contribution is -2.05. The topological polar surface area (TPSA) is 0 Å². The van der Waals surface area contributed by atoms with Gasteiger partial charge in [0.15, 0.2) is 0 Å². The zero-order valence-corrected chi connectivity index (χ0v) is 10.2. The van der Waals surface area contributed by atoms with Crippen molar-refractivity contribution in [1.82, 2.24) is 0 Å². The van der Waals surface area contributed by atoms with Gasteiger partial charge in [-0.05, 0) is 42.4 Å². The van der Waals surface area contributed by atoms with E-state index in [9.17, 15) is 0 Å². The Kier molecular flexibility index (Phi) is 3.69. The third kappa shape index (κ3) is 2.55. The van der Waals surface area contributed by atoms with Gasteiger partial charge in [-0.15, -0.1) is 0 Å². The quantitative estimate of drug-likeness (QED) is 0.664. The fourth-order valence-electron chi connectivity index (χ4n) is 2.54. The first kappa shape index (κ1) is 11.0. The summed E-state index contributed by atoms with van der Waals surface area (Å²) in [7, 11) is 0. The minimum Gasteiger partial charge on any atom is -0.0840 e. The van der Waals surface area contributed by atoms with E-state index in [1.807, 2.05) is 0 Å². The Labute approximate surface area is 97.6 Å². The maximum Gasteiger partial charge on any atom is 0.0443 e. The van der Waals surface area contributed by atoms with Crippen LogP contribution >= 0.6 is 11.6 Å². The first-order valence-corrected chi connectivity index (χ1v) is 6.47. The first-order chi connectivity index (χ1) is 7.31. The average Bonchev–Trinajstić information content (AvgIpc) is 2.30. The van der Waals surface area contributed by atoms with Gasteiger partial charge in [0.2, 0.25) is 0 Å². The SMILES string of the molecule is CCc1ccc(C2CCCCC2)c(Cl)c1. The van der Waals surface area contributed by atoms with Crippen molar-refractivity contribution >= 4 is 11.6 Å². The molecule has 0 bridgehead atoms. The second-order valence-electron chi connectivity index (χ2n) is 4.54. The number of halogens is 1. The summed E-state index contributed by atoms with van der Waals surface area (Å²) < 4.78 is 0. The average molecular weight is 223 g/mol. The summed E-state index contributed by atoms with van der Waals surface area (Å²) in [5, 5.41) is 0.987. The van der Waals surface area contributed by atoms with Gasteiger partial charge in [-0.2, -0.15) is 0 Å². The lowest BCUT2D eigenvalue weighted by molar-refractivity contribution is 0.443. The molecule has 1 aliphatic rings. The van der Waals surface area contributed by atoms with Crippen LogP contribution in [0.3, 0.4) is 0 Å². The predicted octanol–water partition coefficient (Wildman–Crippen LogP) is 4.95. The van der Waals surface area contributed by atoms with Crippen molar-refractivity contribution < 1.29 is 0 Å². The molecule has 1 fully saturated rings. The van der Waals surface area contributed by atoms with Gasteiger partial charge in [0, 0.05) is 5.02 Å². The van der Waals surface area contributed by atoms with Crippen molar-refractivity contribution in [2.24, 2.45) is 0 Å². The molecule has 2 rings (SSSR count). The van der Waals surface area contributed by atoms with Gasteiger partial charge in [-0.25, -0.2) is 0 Å². The Morgan fingerprint density at radius 2 is 1.93 bits per heavy atom. The van der Waals surface area contributed by atoms with Crippen molar-refractivity contribution in [3.8, 4) is 0 Å². The van der Waals surface area contributed by atoms with Crippen LogP contribution in [-0.2, 0) is 6.42 Å². The summed E-state index contributed by atoms with van der Waals surface area (Å²) in [6, 6.07) is 6.62. The molecule has 0 nitrogen and oxygen atoms in total. The number of hydrogen-bond acceptors (Lipinski definition) is 0. The zero-order chi connectivity index (χ0) is 10.7. The molecule has 0 aromatic heterocycles. The highest BCUT2D eigenvalue weighted by molar-refractivity contribution is 6.31. The van der Waals surface area contributed by atoms with Crippen molar-refractivity contribution in [1.29, 1.82) is 0 Å². The molecule has 0 heterocycles. The summed E-state index contributed by atoms with van der Waals surface area (Å²) in [5.74, 6) is 0.720. The number of benzene rings is 1. The van der Waals surface area contributed by atoms with E-state index in [1.54, 1.807) is 0 Å². The van der Waals surface area contributed by atoms with Crippen LogP contribution in [0.1, 0.15) is 56.1 Å². The Balaban J connectivity index is 2.19. The van der Waals surface area contributed by atoms with E-state index in [1.165, 1.54) is 43.2 Å². The van der Waals surface area contributed by atoms with Gasteiger partial charge in [0.05, 0.1) is 0 Å². The highest BCUT2D eigenvalue weighted by Gasteiger charge is 2.17. The molecule has 15 heavy (non-hydrogen) atoms. The molecule has 0 atom stereocenters. The van der Waals surface area contributed by atoms with Crippen LogP contribution < -0.4 is 0 Å². The highest BCUT2D eigenvalue weighted by atomic mass is 35.5. The summed E-state index contributed by atoms with van der Waals surface area (Å²) in [6.45, 7) is 2.17. The molecule has 0 saturated heterocycles. The maximum atomic E-state index is 6.34. The van der Waals surface area contributed by atoms with Crippen LogP contribution in [0.2, 0.25) is 5.02 Å². The minimum atomic E-state index is 0.720. The Morgan fingerprint density at radius 3 is 2.53 bits per heavy atom.